The Morgan fingerprint density at radius 1 is 1.08 bits per heavy atom. The molecule has 0 aromatic heterocycles. The molecule has 2 aliphatic rings. The van der Waals surface area contributed by atoms with Crippen molar-refractivity contribution in [1.82, 2.24) is 0 Å². The average molecular weight is 535 g/mol. The largest absolute Gasteiger partial charge is 0.493 e. The van der Waals surface area contributed by atoms with Crippen molar-refractivity contribution in [3.8, 4) is 11.5 Å². The number of methoxy groups -OCH3 is 2. The molecule has 1 aromatic carbocycles. The van der Waals surface area contributed by atoms with Gasteiger partial charge in [0, 0.05) is 18.1 Å². The summed E-state index contributed by atoms with van der Waals surface area (Å²) in [6, 6.07) is 5.09. The van der Waals surface area contributed by atoms with Crippen LogP contribution in [-0.2, 0) is 28.5 Å². The van der Waals surface area contributed by atoms with E-state index in [4.69, 9.17) is 28.4 Å². The van der Waals surface area contributed by atoms with Gasteiger partial charge in [-0.1, -0.05) is 11.6 Å². The predicted octanol–water partition coefficient (Wildman–Crippen LogP) is 1.29. The maximum Gasteiger partial charge on any atom is 0.334 e. The number of esters is 2. The number of rotatable bonds is 10. The van der Waals surface area contributed by atoms with Gasteiger partial charge in [-0.15, -0.1) is 0 Å². The Kier molecular flexibility index (Phi) is 10.5. The van der Waals surface area contributed by atoms with E-state index in [9.17, 15) is 24.9 Å². The molecule has 0 saturated carbocycles. The van der Waals surface area contributed by atoms with Crippen LogP contribution >= 0.6 is 0 Å². The number of aliphatic hydroxyl groups is 3. The van der Waals surface area contributed by atoms with Crippen LogP contribution in [0.1, 0.15) is 25.8 Å². The number of cyclic esters (lactones) is 1. The maximum atomic E-state index is 12.2. The van der Waals surface area contributed by atoms with Gasteiger partial charge >= 0.3 is 11.9 Å². The molecule has 0 unspecified atom stereocenters. The third-order valence-corrected chi connectivity index (χ3v) is 5.93. The summed E-state index contributed by atoms with van der Waals surface area (Å²) in [4.78, 5) is 24.2. The van der Waals surface area contributed by atoms with E-state index in [1.54, 1.807) is 18.2 Å². The molecule has 0 amide bonds. The van der Waals surface area contributed by atoms with Crippen molar-refractivity contribution in [2.24, 2.45) is 0 Å². The molecule has 208 valence electrons. The fraction of sp³-hybridized carbons (Fsp3) is 0.481. The lowest BCUT2D eigenvalue weighted by molar-refractivity contribution is -0.299. The van der Waals surface area contributed by atoms with Crippen molar-refractivity contribution < 1.29 is 53.3 Å². The summed E-state index contributed by atoms with van der Waals surface area (Å²) >= 11 is 0. The minimum atomic E-state index is -1.61. The van der Waals surface area contributed by atoms with Crippen LogP contribution in [0.15, 0.2) is 47.6 Å². The fourth-order valence-electron chi connectivity index (χ4n) is 3.95. The summed E-state index contributed by atoms with van der Waals surface area (Å²) in [5.41, 5.74) is 2.10. The monoisotopic (exact) mass is 534 g/mol. The normalized spacial score (nSPS) is 28.3. The molecule has 11 nitrogen and oxygen atoms in total. The molecular weight excluding hydrogens is 500 g/mol. The van der Waals surface area contributed by atoms with Gasteiger partial charge in [-0.3, -0.25) is 0 Å². The van der Waals surface area contributed by atoms with E-state index in [2.05, 4.69) is 0 Å². The quantitative estimate of drug-likeness (QED) is 0.226. The SMILES string of the molecule is COc1ccc(C=CC(=O)OC[C@@H]2O[C@H](OCC=C3C[C@H](C=C(C)C)OC3=O)[C@@H](O)[C@H](O)[C@H]2O)cc1OC. The zero-order valence-corrected chi connectivity index (χ0v) is 21.7. The fourth-order valence-corrected chi connectivity index (χ4v) is 3.95. The number of hydrogen-bond donors (Lipinski definition) is 3. The lowest BCUT2D eigenvalue weighted by atomic mass is 9.99. The molecule has 0 aliphatic carbocycles. The summed E-state index contributed by atoms with van der Waals surface area (Å²) in [6.07, 6.45) is -1.08. The molecule has 2 aliphatic heterocycles. The number of hydrogen-bond acceptors (Lipinski definition) is 11. The van der Waals surface area contributed by atoms with E-state index < -0.39 is 49.3 Å². The molecule has 3 N–H and O–H groups in total. The average Bonchev–Trinajstić information content (AvgIpc) is 3.24. The topological polar surface area (TPSA) is 150 Å². The molecule has 2 saturated heterocycles. The van der Waals surface area contributed by atoms with Crippen LogP contribution in [0, 0.1) is 0 Å². The van der Waals surface area contributed by atoms with Gasteiger partial charge in [0.05, 0.1) is 20.8 Å². The second kappa shape index (κ2) is 13.5. The first kappa shape index (κ1) is 29.3. The van der Waals surface area contributed by atoms with Crippen LogP contribution in [0.2, 0.25) is 0 Å². The van der Waals surface area contributed by atoms with Gasteiger partial charge < -0.3 is 43.7 Å². The molecular formula is C27H34O11. The second-order valence-electron chi connectivity index (χ2n) is 9.05. The standard InChI is InChI=1S/C27H34O11/c1-15(2)11-18-13-17(26(32)37-18)9-10-35-27-25(31)24(30)23(29)21(38-27)14-36-22(28)8-6-16-5-7-19(33-3)20(12-16)34-4/h5-9,11-12,18,21,23-25,27,29-31H,10,13-14H2,1-4H3/t18-,21-,23-,24+,25-,27-/m0/s1. The van der Waals surface area contributed by atoms with E-state index in [1.807, 2.05) is 19.9 Å². The first-order valence-corrected chi connectivity index (χ1v) is 12.1. The first-order valence-electron chi connectivity index (χ1n) is 12.1. The Balaban J connectivity index is 1.53. The summed E-state index contributed by atoms with van der Waals surface area (Å²) in [5.74, 6) is -0.138. The molecule has 2 heterocycles. The summed E-state index contributed by atoms with van der Waals surface area (Å²) < 4.78 is 31.9. The van der Waals surface area contributed by atoms with Gasteiger partial charge in [0.25, 0.3) is 0 Å². The molecule has 2 fully saturated rings. The number of ether oxygens (including phenoxy) is 6. The molecule has 0 bridgehead atoms. The molecule has 0 radical (unpaired) electrons. The maximum absolute atomic E-state index is 12.2. The van der Waals surface area contributed by atoms with E-state index in [1.165, 1.54) is 32.4 Å². The zero-order valence-electron chi connectivity index (χ0n) is 21.7. The highest BCUT2D eigenvalue weighted by atomic mass is 16.7. The van der Waals surface area contributed by atoms with Gasteiger partial charge in [-0.25, -0.2) is 9.59 Å². The van der Waals surface area contributed by atoms with Crippen molar-refractivity contribution >= 4 is 18.0 Å². The van der Waals surface area contributed by atoms with Gasteiger partial charge in [-0.2, -0.15) is 0 Å². The van der Waals surface area contributed by atoms with E-state index in [0.29, 0.717) is 29.1 Å². The van der Waals surface area contributed by atoms with Crippen molar-refractivity contribution in [3.05, 3.63) is 53.1 Å². The Labute approximate surface area is 220 Å². The van der Waals surface area contributed by atoms with Crippen molar-refractivity contribution in [1.29, 1.82) is 0 Å². The Hall–Kier alpha value is -3.22. The van der Waals surface area contributed by atoms with Crippen molar-refractivity contribution in [3.63, 3.8) is 0 Å². The molecule has 1 aromatic rings. The molecule has 11 heteroatoms. The van der Waals surface area contributed by atoms with Crippen LogP contribution in [0.5, 0.6) is 11.5 Å². The molecule has 0 spiro atoms. The van der Waals surface area contributed by atoms with Gasteiger partial charge in [0.1, 0.15) is 37.1 Å². The van der Waals surface area contributed by atoms with Gasteiger partial charge in [0.2, 0.25) is 0 Å². The summed E-state index contributed by atoms with van der Waals surface area (Å²) in [6.45, 7) is 3.29. The van der Waals surface area contributed by atoms with Crippen LogP contribution in [0.3, 0.4) is 0 Å². The van der Waals surface area contributed by atoms with Gasteiger partial charge in [0.15, 0.2) is 17.8 Å². The molecule has 38 heavy (non-hydrogen) atoms. The Morgan fingerprint density at radius 3 is 2.50 bits per heavy atom. The smallest absolute Gasteiger partial charge is 0.334 e. The van der Waals surface area contributed by atoms with Crippen LogP contribution in [0.25, 0.3) is 6.08 Å². The number of carbonyl (C=O) groups is 2. The lowest BCUT2D eigenvalue weighted by Gasteiger charge is -2.39. The summed E-state index contributed by atoms with van der Waals surface area (Å²) in [7, 11) is 3.01. The molecule has 3 rings (SSSR count). The number of carbonyl (C=O) groups excluding carboxylic acids is 2. The lowest BCUT2D eigenvalue weighted by Crippen LogP contribution is -2.59. The highest BCUT2D eigenvalue weighted by Gasteiger charge is 2.44. The van der Waals surface area contributed by atoms with Crippen molar-refractivity contribution in [2.75, 3.05) is 27.4 Å². The highest BCUT2D eigenvalue weighted by molar-refractivity contribution is 5.91. The van der Waals surface area contributed by atoms with E-state index >= 15 is 0 Å². The number of benzene rings is 1. The third kappa shape index (κ3) is 7.65. The minimum absolute atomic E-state index is 0.114. The summed E-state index contributed by atoms with van der Waals surface area (Å²) in [5, 5.41) is 30.8. The van der Waals surface area contributed by atoms with Crippen LogP contribution in [0.4, 0.5) is 0 Å². The Bertz CT molecular complexity index is 1070. The third-order valence-electron chi connectivity index (χ3n) is 5.93. The second-order valence-corrected chi connectivity index (χ2v) is 9.05. The minimum Gasteiger partial charge on any atom is -0.493 e. The van der Waals surface area contributed by atoms with Gasteiger partial charge in [-0.05, 0) is 49.8 Å². The number of allylic oxidation sites excluding steroid dienone is 1. The van der Waals surface area contributed by atoms with Crippen molar-refractivity contribution in [2.45, 2.75) is 57.1 Å². The first-order chi connectivity index (χ1) is 18.1. The Morgan fingerprint density at radius 2 is 1.82 bits per heavy atom. The predicted molar refractivity (Wildman–Crippen MR) is 134 cm³/mol. The molecule has 6 atom stereocenters. The number of aliphatic hydroxyl groups excluding tert-OH is 3. The highest BCUT2D eigenvalue weighted by Crippen LogP contribution is 2.28. The van der Waals surface area contributed by atoms with Crippen LogP contribution < -0.4 is 9.47 Å². The zero-order chi connectivity index (χ0) is 27.8. The van der Waals surface area contributed by atoms with Crippen LogP contribution in [-0.4, -0.2) is 91.5 Å². The van der Waals surface area contributed by atoms with E-state index in [0.717, 1.165) is 5.57 Å². The van der Waals surface area contributed by atoms with E-state index in [-0.39, 0.29) is 12.7 Å².